The molecule has 2 nitrogen and oxygen atoms in total. The largest absolute Gasteiger partial charge is 0.310 e. The summed E-state index contributed by atoms with van der Waals surface area (Å²) in [6.45, 7) is 0. The molecule has 0 atom stereocenters. The normalized spacial score (nSPS) is 11.7. The van der Waals surface area contributed by atoms with Gasteiger partial charge in [-0.25, -0.2) is 0 Å². The number of benzene rings is 9. The molecule has 0 saturated carbocycles. The van der Waals surface area contributed by atoms with Crippen molar-refractivity contribution in [1.29, 1.82) is 0 Å². The summed E-state index contributed by atoms with van der Waals surface area (Å²) in [7, 11) is 0. The molecule has 0 amide bonds. The van der Waals surface area contributed by atoms with Crippen molar-refractivity contribution in [3.8, 4) is 0 Å². The Bertz CT molecular complexity index is 2860. The van der Waals surface area contributed by atoms with Crippen molar-refractivity contribution in [2.45, 2.75) is 0 Å². The van der Waals surface area contributed by atoms with Gasteiger partial charge in [-0.15, -0.1) is 22.7 Å². The summed E-state index contributed by atoms with van der Waals surface area (Å²) in [6, 6.07) is 70.7. The Balaban J connectivity index is 1.01. The molecule has 11 rings (SSSR count). The maximum atomic E-state index is 2.43. The third-order valence-corrected chi connectivity index (χ3v) is 12.8. The molecule has 0 aliphatic rings. The fraction of sp³-hybridized carbons (Fsp3) is 0. The number of fused-ring (bicyclic) bond motifs is 8. The Morgan fingerprint density at radius 1 is 0.241 bits per heavy atom. The lowest BCUT2D eigenvalue weighted by atomic mass is 10.0. The summed E-state index contributed by atoms with van der Waals surface area (Å²) in [5.41, 5.74) is 6.89. The highest BCUT2D eigenvalue weighted by molar-refractivity contribution is 7.27. The van der Waals surface area contributed by atoms with E-state index in [1.54, 1.807) is 0 Å². The number of anilines is 6. The van der Waals surface area contributed by atoms with Crippen molar-refractivity contribution in [2.75, 3.05) is 9.80 Å². The van der Waals surface area contributed by atoms with Gasteiger partial charge in [-0.05, 0) is 131 Å². The number of nitrogens with zero attached hydrogens (tertiary/aromatic N) is 2. The third-order valence-electron chi connectivity index (χ3n) is 10.5. The number of rotatable bonds is 6. The zero-order chi connectivity index (χ0) is 35.6. The SMILES string of the molecule is c1ccc(N(c2ccccc2)c2ccc3cc4c(cc3c2)sc2cc3c(cc24)sc2cc4cc(N(c5ccccc5)c5ccccc5)ccc4cc23)cc1. The maximum Gasteiger partial charge on any atom is 0.0468 e. The van der Waals surface area contributed by atoms with E-state index in [0.29, 0.717) is 0 Å². The highest BCUT2D eigenvalue weighted by Gasteiger charge is 2.17. The molecule has 0 saturated heterocycles. The van der Waals surface area contributed by atoms with E-state index in [2.05, 4.69) is 204 Å². The predicted molar refractivity (Wildman–Crippen MR) is 237 cm³/mol. The van der Waals surface area contributed by atoms with Crippen LogP contribution in [0.3, 0.4) is 0 Å². The Labute approximate surface area is 321 Å². The summed E-state index contributed by atoms with van der Waals surface area (Å²) in [4.78, 5) is 4.67. The molecule has 54 heavy (non-hydrogen) atoms. The Hall–Kier alpha value is -6.46. The molecule has 4 heteroatoms. The van der Waals surface area contributed by atoms with Gasteiger partial charge in [0.05, 0.1) is 0 Å². The monoisotopic (exact) mass is 724 g/mol. The molecule has 11 aromatic rings. The topological polar surface area (TPSA) is 6.48 Å². The fourth-order valence-electron chi connectivity index (χ4n) is 7.99. The summed E-state index contributed by atoms with van der Waals surface area (Å²) in [6.07, 6.45) is 0. The Kier molecular flexibility index (Phi) is 7.25. The van der Waals surface area contributed by atoms with Crippen LogP contribution < -0.4 is 9.80 Å². The highest BCUT2D eigenvalue weighted by atomic mass is 32.1. The van der Waals surface area contributed by atoms with E-state index in [0.717, 1.165) is 34.1 Å². The first-order valence-corrected chi connectivity index (χ1v) is 19.9. The second-order valence-electron chi connectivity index (χ2n) is 13.8. The summed E-state index contributed by atoms with van der Waals surface area (Å²) >= 11 is 3.80. The van der Waals surface area contributed by atoms with Crippen LogP contribution in [0.1, 0.15) is 0 Å². The van der Waals surface area contributed by atoms with Crippen LogP contribution in [0.2, 0.25) is 0 Å². The van der Waals surface area contributed by atoms with Gasteiger partial charge in [0, 0.05) is 74.5 Å². The molecule has 0 N–H and O–H groups in total. The first-order chi connectivity index (χ1) is 26.7. The van der Waals surface area contributed by atoms with Gasteiger partial charge in [-0.3, -0.25) is 0 Å². The smallest absolute Gasteiger partial charge is 0.0468 e. The van der Waals surface area contributed by atoms with Crippen LogP contribution in [0.25, 0.3) is 61.9 Å². The fourth-order valence-corrected chi connectivity index (χ4v) is 10.3. The minimum absolute atomic E-state index is 1.15. The molecule has 0 aliphatic carbocycles. The number of thiophene rings is 2. The molecule has 2 heterocycles. The van der Waals surface area contributed by atoms with E-state index in [-0.39, 0.29) is 0 Å². The Morgan fingerprint density at radius 3 is 0.907 bits per heavy atom. The molecular weight excluding hydrogens is 693 g/mol. The van der Waals surface area contributed by atoms with Crippen LogP contribution in [0.15, 0.2) is 194 Å². The van der Waals surface area contributed by atoms with E-state index in [4.69, 9.17) is 0 Å². The van der Waals surface area contributed by atoms with Crippen molar-refractivity contribution in [3.05, 3.63) is 194 Å². The van der Waals surface area contributed by atoms with Crippen LogP contribution in [0.4, 0.5) is 34.1 Å². The summed E-state index contributed by atoms with van der Waals surface area (Å²) in [5.74, 6) is 0. The van der Waals surface area contributed by atoms with E-state index in [1.165, 1.54) is 61.9 Å². The molecule has 0 fully saturated rings. The van der Waals surface area contributed by atoms with E-state index in [1.807, 2.05) is 22.7 Å². The van der Waals surface area contributed by atoms with Crippen molar-refractivity contribution in [1.82, 2.24) is 0 Å². The lowest BCUT2D eigenvalue weighted by Gasteiger charge is -2.25. The van der Waals surface area contributed by atoms with Gasteiger partial charge in [0.25, 0.3) is 0 Å². The standard InChI is InChI=1S/C50H32N2S2/c1-5-13-37(14-6-1)51(38-15-7-2-8-16-38)41-23-21-33-27-43-45-31-50-46(32-49(45)53-47(43)29-35(33)25-41)44-28-34-22-24-42(26-36(34)30-48(44)54-50)52(39-17-9-3-10-18-39)40-19-11-4-12-20-40/h1-32H. The highest BCUT2D eigenvalue weighted by Crippen LogP contribution is 2.45. The molecule has 9 aromatic carbocycles. The second kappa shape index (κ2) is 12.6. The molecule has 254 valence electrons. The number of hydrogen-bond acceptors (Lipinski definition) is 4. The van der Waals surface area contributed by atoms with Gasteiger partial charge in [-0.1, -0.05) is 84.9 Å². The zero-order valence-electron chi connectivity index (χ0n) is 29.2. The van der Waals surface area contributed by atoms with E-state index in [9.17, 15) is 0 Å². The predicted octanol–water partition coefficient (Wildman–Crippen LogP) is 15.7. The Morgan fingerprint density at radius 2 is 0.556 bits per heavy atom. The molecule has 0 aliphatic heterocycles. The van der Waals surface area contributed by atoms with Crippen LogP contribution in [0, 0.1) is 0 Å². The molecule has 0 radical (unpaired) electrons. The molecule has 0 bridgehead atoms. The van der Waals surface area contributed by atoms with Crippen LogP contribution in [-0.4, -0.2) is 0 Å². The minimum Gasteiger partial charge on any atom is -0.310 e. The summed E-state index contributed by atoms with van der Waals surface area (Å²) in [5, 5.41) is 10.3. The third kappa shape index (κ3) is 5.22. The van der Waals surface area contributed by atoms with Crippen molar-refractivity contribution >= 4 is 119 Å². The molecular formula is C50H32N2S2. The first-order valence-electron chi connectivity index (χ1n) is 18.2. The maximum absolute atomic E-state index is 2.43. The summed E-state index contributed by atoms with van der Waals surface area (Å²) < 4.78 is 5.31. The number of para-hydroxylation sites is 4. The van der Waals surface area contributed by atoms with Crippen molar-refractivity contribution in [2.24, 2.45) is 0 Å². The lowest BCUT2D eigenvalue weighted by molar-refractivity contribution is 1.29. The quantitative estimate of drug-likeness (QED) is 0.168. The van der Waals surface area contributed by atoms with Crippen molar-refractivity contribution in [3.63, 3.8) is 0 Å². The van der Waals surface area contributed by atoms with Gasteiger partial charge in [0.1, 0.15) is 0 Å². The van der Waals surface area contributed by atoms with Gasteiger partial charge < -0.3 is 9.80 Å². The molecule has 2 aromatic heterocycles. The average molecular weight is 725 g/mol. The van der Waals surface area contributed by atoms with E-state index >= 15 is 0 Å². The van der Waals surface area contributed by atoms with Gasteiger partial charge in [-0.2, -0.15) is 0 Å². The van der Waals surface area contributed by atoms with E-state index < -0.39 is 0 Å². The van der Waals surface area contributed by atoms with Gasteiger partial charge in [0.15, 0.2) is 0 Å². The lowest BCUT2D eigenvalue weighted by Crippen LogP contribution is -2.09. The van der Waals surface area contributed by atoms with Crippen molar-refractivity contribution < 1.29 is 0 Å². The number of hydrogen-bond donors (Lipinski definition) is 0. The van der Waals surface area contributed by atoms with Crippen LogP contribution in [0.5, 0.6) is 0 Å². The molecule has 0 spiro atoms. The zero-order valence-corrected chi connectivity index (χ0v) is 30.8. The second-order valence-corrected chi connectivity index (χ2v) is 16.0. The first kappa shape index (κ1) is 31.1. The molecule has 0 unspecified atom stereocenters. The van der Waals surface area contributed by atoms with Gasteiger partial charge >= 0.3 is 0 Å². The van der Waals surface area contributed by atoms with Crippen LogP contribution >= 0.6 is 22.7 Å². The minimum atomic E-state index is 1.15. The van der Waals surface area contributed by atoms with Gasteiger partial charge in [0.2, 0.25) is 0 Å². The average Bonchev–Trinajstić information content (AvgIpc) is 3.75. The van der Waals surface area contributed by atoms with Crippen LogP contribution in [-0.2, 0) is 0 Å².